The summed E-state index contributed by atoms with van der Waals surface area (Å²) < 4.78 is 16.8. The molecular formula is C21H18O4. The number of carbonyl (C=O) groups is 1. The lowest BCUT2D eigenvalue weighted by atomic mass is 9.94. The number of carbonyl (C=O) groups excluding carboxylic acids is 1. The van der Waals surface area contributed by atoms with Crippen LogP contribution < -0.4 is 14.2 Å². The Hall–Kier alpha value is -3.01. The van der Waals surface area contributed by atoms with Crippen LogP contribution in [0.2, 0.25) is 0 Å². The fraction of sp³-hybridized carbons (Fsp3) is 0.190. The number of ketones is 1. The van der Waals surface area contributed by atoms with E-state index in [9.17, 15) is 4.79 Å². The van der Waals surface area contributed by atoms with Crippen LogP contribution in [0, 0.1) is 0 Å². The van der Waals surface area contributed by atoms with Crippen LogP contribution in [0.3, 0.4) is 0 Å². The van der Waals surface area contributed by atoms with E-state index in [0.29, 0.717) is 22.8 Å². The molecule has 3 aromatic carbocycles. The third kappa shape index (κ3) is 2.70. The molecule has 4 nitrogen and oxygen atoms in total. The van der Waals surface area contributed by atoms with Gasteiger partial charge >= 0.3 is 0 Å². The fourth-order valence-corrected chi connectivity index (χ4v) is 3.27. The maximum Gasteiger partial charge on any atom is 0.174 e. The van der Waals surface area contributed by atoms with Crippen molar-refractivity contribution in [3.8, 4) is 17.2 Å². The Bertz CT molecular complexity index is 961. The number of hydrogen-bond donors (Lipinski definition) is 0. The van der Waals surface area contributed by atoms with Gasteiger partial charge in [-0.1, -0.05) is 36.4 Å². The third-order valence-electron chi connectivity index (χ3n) is 4.56. The number of benzene rings is 3. The van der Waals surface area contributed by atoms with Gasteiger partial charge in [0.25, 0.3) is 0 Å². The van der Waals surface area contributed by atoms with E-state index in [1.165, 1.54) is 7.11 Å². The number of methoxy groups -OCH3 is 2. The highest BCUT2D eigenvalue weighted by molar-refractivity contribution is 6.03. The Morgan fingerprint density at radius 2 is 1.76 bits per heavy atom. The van der Waals surface area contributed by atoms with Gasteiger partial charge in [-0.15, -0.1) is 0 Å². The van der Waals surface area contributed by atoms with Crippen molar-refractivity contribution in [2.24, 2.45) is 0 Å². The zero-order valence-corrected chi connectivity index (χ0v) is 14.1. The third-order valence-corrected chi connectivity index (χ3v) is 4.56. The molecule has 1 atom stereocenters. The van der Waals surface area contributed by atoms with E-state index in [2.05, 4.69) is 24.3 Å². The molecule has 0 spiro atoms. The van der Waals surface area contributed by atoms with Gasteiger partial charge in [0.05, 0.1) is 20.6 Å². The first-order valence-electron chi connectivity index (χ1n) is 8.14. The molecule has 126 valence electrons. The van der Waals surface area contributed by atoms with Gasteiger partial charge in [0.2, 0.25) is 0 Å². The van der Waals surface area contributed by atoms with Crippen LogP contribution in [0.1, 0.15) is 28.4 Å². The quantitative estimate of drug-likeness (QED) is 0.704. The number of hydrogen-bond acceptors (Lipinski definition) is 4. The van der Waals surface area contributed by atoms with Crippen LogP contribution in [0.15, 0.2) is 54.6 Å². The topological polar surface area (TPSA) is 44.8 Å². The average Bonchev–Trinajstić information content (AvgIpc) is 2.66. The van der Waals surface area contributed by atoms with Gasteiger partial charge in [0.1, 0.15) is 28.9 Å². The first kappa shape index (κ1) is 15.5. The zero-order valence-electron chi connectivity index (χ0n) is 14.1. The molecule has 0 fully saturated rings. The van der Waals surface area contributed by atoms with Crippen molar-refractivity contribution >= 4 is 16.6 Å². The lowest BCUT2D eigenvalue weighted by Gasteiger charge is -2.27. The molecule has 0 radical (unpaired) electrons. The monoisotopic (exact) mass is 334 g/mol. The molecule has 4 rings (SSSR count). The Balaban J connectivity index is 1.76. The summed E-state index contributed by atoms with van der Waals surface area (Å²) in [7, 11) is 3.12. The number of rotatable bonds is 3. The lowest BCUT2D eigenvalue weighted by molar-refractivity contribution is 0.0844. The molecule has 4 heteroatoms. The van der Waals surface area contributed by atoms with Crippen LogP contribution >= 0.6 is 0 Å². The van der Waals surface area contributed by atoms with Crippen LogP contribution in [0.4, 0.5) is 0 Å². The van der Waals surface area contributed by atoms with Gasteiger partial charge < -0.3 is 14.2 Å². The molecule has 0 aliphatic carbocycles. The SMILES string of the molecule is COc1cc(OC)c2c(c1)O[C@H](c1ccc3ccccc3c1)CC2=O. The molecule has 3 aromatic rings. The van der Waals surface area contributed by atoms with Crippen molar-refractivity contribution in [2.45, 2.75) is 12.5 Å². The number of ether oxygens (including phenoxy) is 3. The van der Waals surface area contributed by atoms with E-state index in [0.717, 1.165) is 16.3 Å². The minimum Gasteiger partial charge on any atom is -0.496 e. The minimum absolute atomic E-state index is 0.0129. The molecule has 0 bridgehead atoms. The second-order valence-corrected chi connectivity index (χ2v) is 6.04. The van der Waals surface area contributed by atoms with Crippen LogP contribution in [-0.4, -0.2) is 20.0 Å². The molecule has 0 N–H and O–H groups in total. The maximum absolute atomic E-state index is 12.7. The van der Waals surface area contributed by atoms with Crippen molar-refractivity contribution in [3.05, 3.63) is 65.7 Å². The Morgan fingerprint density at radius 1 is 0.960 bits per heavy atom. The summed E-state index contributed by atoms with van der Waals surface area (Å²) in [6, 6.07) is 17.7. The van der Waals surface area contributed by atoms with Crippen LogP contribution in [-0.2, 0) is 0 Å². The normalized spacial score (nSPS) is 16.2. The zero-order chi connectivity index (χ0) is 17.4. The molecular weight excluding hydrogens is 316 g/mol. The molecule has 1 aliphatic rings. The Morgan fingerprint density at radius 3 is 2.52 bits per heavy atom. The van der Waals surface area contributed by atoms with Gasteiger partial charge in [-0.05, 0) is 22.4 Å². The van der Waals surface area contributed by atoms with Gasteiger partial charge in [0, 0.05) is 12.1 Å². The standard InChI is InChI=1S/C21H18O4/c1-23-16-10-19(24-2)21-17(22)12-18(25-20(21)11-16)15-8-7-13-5-3-4-6-14(13)9-15/h3-11,18H,12H2,1-2H3/t18-/m0/s1. The molecule has 0 saturated carbocycles. The first-order valence-corrected chi connectivity index (χ1v) is 8.14. The van der Waals surface area contributed by atoms with Crippen molar-refractivity contribution in [3.63, 3.8) is 0 Å². The molecule has 0 aromatic heterocycles. The van der Waals surface area contributed by atoms with E-state index < -0.39 is 0 Å². The molecule has 0 saturated heterocycles. The van der Waals surface area contributed by atoms with Crippen molar-refractivity contribution < 1.29 is 19.0 Å². The highest BCUT2D eigenvalue weighted by Crippen LogP contribution is 2.42. The predicted molar refractivity (Wildman–Crippen MR) is 95.8 cm³/mol. The smallest absolute Gasteiger partial charge is 0.174 e. The van der Waals surface area contributed by atoms with Gasteiger partial charge in [0.15, 0.2) is 5.78 Å². The van der Waals surface area contributed by atoms with E-state index in [1.54, 1.807) is 19.2 Å². The Kier molecular flexibility index (Phi) is 3.80. The summed E-state index contributed by atoms with van der Waals surface area (Å²) in [6.07, 6.45) is -0.0324. The average molecular weight is 334 g/mol. The highest BCUT2D eigenvalue weighted by atomic mass is 16.5. The molecule has 25 heavy (non-hydrogen) atoms. The summed E-state index contributed by atoms with van der Waals surface area (Å²) in [5.74, 6) is 1.60. The summed E-state index contributed by atoms with van der Waals surface area (Å²) >= 11 is 0. The Labute approximate surface area is 145 Å². The maximum atomic E-state index is 12.7. The summed E-state index contributed by atoms with van der Waals surface area (Å²) in [5, 5.41) is 2.29. The molecule has 1 heterocycles. The summed E-state index contributed by atoms with van der Waals surface area (Å²) in [5.41, 5.74) is 1.47. The number of fused-ring (bicyclic) bond motifs is 2. The summed E-state index contributed by atoms with van der Waals surface area (Å²) in [6.45, 7) is 0. The lowest BCUT2D eigenvalue weighted by Crippen LogP contribution is -2.21. The van der Waals surface area contributed by atoms with Gasteiger partial charge in [-0.2, -0.15) is 0 Å². The summed E-state index contributed by atoms with van der Waals surface area (Å²) in [4.78, 5) is 12.7. The van der Waals surface area contributed by atoms with Crippen LogP contribution in [0.5, 0.6) is 17.2 Å². The minimum atomic E-state index is -0.318. The predicted octanol–water partition coefficient (Wildman–Crippen LogP) is 4.56. The first-order chi connectivity index (χ1) is 12.2. The van der Waals surface area contributed by atoms with Crippen molar-refractivity contribution in [1.29, 1.82) is 0 Å². The fourth-order valence-electron chi connectivity index (χ4n) is 3.27. The molecule has 0 unspecified atom stereocenters. The van der Waals surface area contributed by atoms with Gasteiger partial charge in [-0.3, -0.25) is 4.79 Å². The second kappa shape index (κ2) is 6.13. The number of Topliss-reactive ketones (excluding diaryl/α,β-unsaturated/α-hetero) is 1. The van der Waals surface area contributed by atoms with E-state index in [1.807, 2.05) is 18.2 Å². The highest BCUT2D eigenvalue weighted by Gasteiger charge is 2.31. The van der Waals surface area contributed by atoms with Crippen molar-refractivity contribution in [2.75, 3.05) is 14.2 Å². The largest absolute Gasteiger partial charge is 0.496 e. The van der Waals surface area contributed by atoms with E-state index in [-0.39, 0.29) is 18.3 Å². The second-order valence-electron chi connectivity index (χ2n) is 6.04. The van der Waals surface area contributed by atoms with E-state index in [4.69, 9.17) is 14.2 Å². The van der Waals surface area contributed by atoms with Crippen LogP contribution in [0.25, 0.3) is 10.8 Å². The van der Waals surface area contributed by atoms with E-state index >= 15 is 0 Å². The van der Waals surface area contributed by atoms with Crippen molar-refractivity contribution in [1.82, 2.24) is 0 Å². The molecule has 1 aliphatic heterocycles. The van der Waals surface area contributed by atoms with Gasteiger partial charge in [-0.25, -0.2) is 0 Å². The molecule has 0 amide bonds.